The second-order valence-electron chi connectivity index (χ2n) is 11.0. The van der Waals surface area contributed by atoms with Gasteiger partial charge in [-0.3, -0.25) is 24.0 Å². The molecular weight excluding hydrogens is 647 g/mol. The van der Waals surface area contributed by atoms with Gasteiger partial charge in [-0.25, -0.2) is 0 Å². The summed E-state index contributed by atoms with van der Waals surface area (Å²) in [5.74, 6) is -2.74. The molecule has 1 aliphatic heterocycles. The summed E-state index contributed by atoms with van der Waals surface area (Å²) in [5.41, 5.74) is 0. The van der Waals surface area contributed by atoms with Crippen LogP contribution in [0.15, 0.2) is 0 Å². The van der Waals surface area contributed by atoms with Gasteiger partial charge in [-0.2, -0.15) is 0 Å². The third-order valence-corrected chi connectivity index (χ3v) is 7.51. The minimum atomic E-state index is -2.32. The second kappa shape index (κ2) is 22.7. The molecule has 0 radical (unpaired) electrons. The molecule has 1 fully saturated rings. The lowest BCUT2D eigenvalue weighted by Gasteiger charge is -2.44. The fourth-order valence-corrected chi connectivity index (χ4v) is 5.30. The number of carbonyl (C=O) groups excluding carboxylic acids is 5. The van der Waals surface area contributed by atoms with Crippen molar-refractivity contribution in [1.82, 2.24) is 10.6 Å². The molecule has 2 N–H and O–H groups in total. The Balaban J connectivity index is 2.94. The van der Waals surface area contributed by atoms with Crippen molar-refractivity contribution in [2.75, 3.05) is 47.8 Å². The van der Waals surface area contributed by atoms with E-state index in [2.05, 4.69) is 15.2 Å². The van der Waals surface area contributed by atoms with Crippen LogP contribution < -0.4 is 10.6 Å². The molecule has 9 atom stereocenters. The molecule has 2 amide bonds. The van der Waals surface area contributed by atoms with E-state index >= 15 is 0 Å². The SMILES string of the molecule is COC[C@H](C)CC(NC(=O)CCCCO[C@@H]1O[C@H](COC(C)=O)[C@H](OC(C)=O)[C@H](OC(C)=O)[C@H]1NC(C)=O)[C@H](CO[P+](=O)OC)OC. The maximum Gasteiger partial charge on any atom is 0.697 e. The first-order chi connectivity index (χ1) is 22.2. The number of esters is 3. The van der Waals surface area contributed by atoms with Crippen LogP contribution >= 0.6 is 8.25 Å². The van der Waals surface area contributed by atoms with Crippen LogP contribution in [0.4, 0.5) is 0 Å². The third kappa shape index (κ3) is 16.7. The first kappa shape index (κ1) is 42.2. The summed E-state index contributed by atoms with van der Waals surface area (Å²) in [5, 5.41) is 5.59. The van der Waals surface area contributed by atoms with Crippen molar-refractivity contribution in [3.63, 3.8) is 0 Å². The molecule has 1 rings (SSSR count). The Kier molecular flexibility index (Phi) is 20.4. The fourth-order valence-electron chi connectivity index (χ4n) is 4.92. The van der Waals surface area contributed by atoms with Crippen molar-refractivity contribution in [1.29, 1.82) is 0 Å². The van der Waals surface area contributed by atoms with Crippen LogP contribution in [0.1, 0.15) is 60.3 Å². The number of hydrogen-bond acceptors (Lipinski definition) is 15. The van der Waals surface area contributed by atoms with Crippen molar-refractivity contribution < 1.29 is 70.7 Å². The highest BCUT2D eigenvalue weighted by atomic mass is 31.1. The van der Waals surface area contributed by atoms with Crippen molar-refractivity contribution >= 4 is 38.0 Å². The molecule has 0 bridgehead atoms. The van der Waals surface area contributed by atoms with Gasteiger partial charge in [0.25, 0.3) is 0 Å². The number of unbranched alkanes of at least 4 members (excludes halogenated alkanes) is 1. The van der Waals surface area contributed by atoms with Gasteiger partial charge in [-0.05, 0) is 25.2 Å². The van der Waals surface area contributed by atoms with Crippen LogP contribution in [-0.2, 0) is 70.7 Å². The van der Waals surface area contributed by atoms with Gasteiger partial charge in [0.1, 0.15) is 31.5 Å². The summed E-state index contributed by atoms with van der Waals surface area (Å²) in [6.45, 7) is 6.79. The standard InChI is InChI=1S/C29H49N2O15P/c1-17(14-38-6)13-22(23(39-7)16-43-47(37)40-8)31-25(36)11-9-10-12-41-29-26(30-18(2)32)28(45-21(5)35)27(44-20(4)34)24(46-29)15-42-19(3)33/h17,22-24,26-29H,9-16H2,1-8H3,(H-,30,31,32,36)/p+1/t17-,22?,23+,24-,26-,27+,28-,29-/m1/s1. The molecule has 0 aliphatic carbocycles. The Morgan fingerprint density at radius 3 is 2.11 bits per heavy atom. The van der Waals surface area contributed by atoms with Gasteiger partial charge in [-0.1, -0.05) is 6.92 Å². The largest absolute Gasteiger partial charge is 0.697 e. The van der Waals surface area contributed by atoms with Crippen LogP contribution in [0, 0.1) is 5.92 Å². The fraction of sp³-hybridized carbons (Fsp3) is 0.828. The average molecular weight is 698 g/mol. The van der Waals surface area contributed by atoms with Crippen LogP contribution in [-0.4, -0.2) is 120 Å². The van der Waals surface area contributed by atoms with E-state index in [4.69, 9.17) is 37.7 Å². The number of carbonyl (C=O) groups is 5. The average Bonchev–Trinajstić information content (AvgIpc) is 2.98. The van der Waals surface area contributed by atoms with Crippen LogP contribution in [0.25, 0.3) is 0 Å². The number of methoxy groups -OCH3 is 2. The molecule has 0 aromatic rings. The summed E-state index contributed by atoms with van der Waals surface area (Å²) in [6.07, 6.45) is -3.95. The highest BCUT2D eigenvalue weighted by molar-refractivity contribution is 7.33. The zero-order valence-corrected chi connectivity index (χ0v) is 29.2. The molecule has 1 aliphatic rings. The van der Waals surface area contributed by atoms with E-state index in [1.54, 1.807) is 7.11 Å². The quantitative estimate of drug-likeness (QED) is 0.0707. The van der Waals surface area contributed by atoms with Crippen LogP contribution in [0.3, 0.4) is 0 Å². The maximum atomic E-state index is 12.9. The Morgan fingerprint density at radius 2 is 1.55 bits per heavy atom. The summed E-state index contributed by atoms with van der Waals surface area (Å²) < 4.78 is 60.0. The Morgan fingerprint density at radius 1 is 0.894 bits per heavy atom. The summed E-state index contributed by atoms with van der Waals surface area (Å²) in [7, 11) is 1.98. The lowest BCUT2D eigenvalue weighted by molar-refractivity contribution is -0.277. The predicted octanol–water partition coefficient (Wildman–Crippen LogP) is 1.32. The Bertz CT molecular complexity index is 1030. The molecule has 270 valence electrons. The maximum absolute atomic E-state index is 12.9. The zero-order valence-electron chi connectivity index (χ0n) is 28.3. The van der Waals surface area contributed by atoms with Crippen molar-refractivity contribution in [3.05, 3.63) is 0 Å². The van der Waals surface area contributed by atoms with E-state index in [-0.39, 0.29) is 38.1 Å². The van der Waals surface area contributed by atoms with Crippen LogP contribution in [0.2, 0.25) is 0 Å². The molecule has 2 unspecified atom stereocenters. The van der Waals surface area contributed by atoms with E-state index in [1.807, 2.05) is 6.92 Å². The lowest BCUT2D eigenvalue weighted by Crippen LogP contribution is -2.66. The molecule has 18 heteroatoms. The molecule has 0 saturated carbocycles. The molecule has 47 heavy (non-hydrogen) atoms. The number of amides is 2. The minimum Gasteiger partial charge on any atom is -0.463 e. The van der Waals surface area contributed by atoms with Crippen molar-refractivity contribution in [3.8, 4) is 0 Å². The third-order valence-electron chi connectivity index (χ3n) is 6.85. The Labute approximate surface area is 276 Å². The monoisotopic (exact) mass is 697 g/mol. The van der Waals surface area contributed by atoms with Gasteiger partial charge in [0, 0.05) is 66.1 Å². The number of ether oxygens (including phenoxy) is 7. The van der Waals surface area contributed by atoms with Gasteiger partial charge in [0.2, 0.25) is 11.8 Å². The van der Waals surface area contributed by atoms with E-state index < -0.39 is 74.9 Å². The zero-order chi connectivity index (χ0) is 35.5. The highest BCUT2D eigenvalue weighted by Gasteiger charge is 2.51. The number of hydrogen-bond donors (Lipinski definition) is 2. The second-order valence-corrected chi connectivity index (χ2v) is 12.1. The summed E-state index contributed by atoms with van der Waals surface area (Å²) >= 11 is 0. The highest BCUT2D eigenvalue weighted by Crippen LogP contribution is 2.28. The van der Waals surface area contributed by atoms with Gasteiger partial charge < -0.3 is 43.8 Å². The molecule has 1 heterocycles. The smallest absolute Gasteiger partial charge is 0.463 e. The van der Waals surface area contributed by atoms with E-state index in [0.29, 0.717) is 25.9 Å². The minimum absolute atomic E-state index is 0.0618. The van der Waals surface area contributed by atoms with E-state index in [1.165, 1.54) is 28.1 Å². The molecule has 17 nitrogen and oxygen atoms in total. The molecule has 0 aromatic heterocycles. The van der Waals surface area contributed by atoms with E-state index in [9.17, 15) is 28.5 Å². The Hall–Kier alpha value is -2.79. The van der Waals surface area contributed by atoms with Gasteiger partial charge in [-0.15, -0.1) is 9.05 Å². The number of nitrogens with one attached hydrogen (secondary N) is 2. The lowest BCUT2D eigenvalue weighted by atomic mass is 9.96. The summed E-state index contributed by atoms with van der Waals surface area (Å²) in [6, 6.07) is -1.56. The normalized spacial score (nSPS) is 23.1. The first-order valence-electron chi connectivity index (χ1n) is 15.2. The predicted molar refractivity (Wildman–Crippen MR) is 163 cm³/mol. The van der Waals surface area contributed by atoms with E-state index in [0.717, 1.165) is 13.8 Å². The molecule has 1 saturated heterocycles. The molecule has 0 spiro atoms. The van der Waals surface area contributed by atoms with Crippen LogP contribution in [0.5, 0.6) is 0 Å². The first-order valence-corrected chi connectivity index (χ1v) is 16.3. The summed E-state index contributed by atoms with van der Waals surface area (Å²) in [4.78, 5) is 60.4. The van der Waals surface area contributed by atoms with Crippen molar-refractivity contribution in [2.45, 2.75) is 103 Å². The van der Waals surface area contributed by atoms with Gasteiger partial charge in [0.15, 0.2) is 18.5 Å². The van der Waals surface area contributed by atoms with Gasteiger partial charge in [0.05, 0.1) is 13.2 Å². The van der Waals surface area contributed by atoms with Gasteiger partial charge >= 0.3 is 26.2 Å². The molecular formula is C29H50N2O15P+. The van der Waals surface area contributed by atoms with Crippen molar-refractivity contribution in [2.24, 2.45) is 5.92 Å². The number of rotatable bonds is 22. The molecule has 0 aromatic carbocycles. The topological polar surface area (TPSA) is 210 Å².